The third-order valence-corrected chi connectivity index (χ3v) is 6.70. The number of aromatic amines is 1. The Morgan fingerprint density at radius 1 is 1.10 bits per heavy atom. The van der Waals surface area contributed by atoms with Crippen LogP contribution in [0.4, 0.5) is 17.6 Å². The first-order valence-electron chi connectivity index (χ1n) is 12.5. The lowest BCUT2D eigenvalue weighted by molar-refractivity contribution is -0.134. The summed E-state index contributed by atoms with van der Waals surface area (Å²) < 4.78 is 59.2. The van der Waals surface area contributed by atoms with Crippen molar-refractivity contribution in [1.29, 1.82) is 0 Å². The Balaban J connectivity index is 1.67. The number of aryl methyl sites for hydroxylation is 1. The average Bonchev–Trinajstić information content (AvgIpc) is 3.28. The number of aliphatic hydroxyl groups is 1. The molecular formula is C29H25F4N3O4. The van der Waals surface area contributed by atoms with E-state index < -0.39 is 41.7 Å². The quantitative estimate of drug-likeness (QED) is 0.218. The second-order valence-corrected chi connectivity index (χ2v) is 10.5. The molecule has 3 N–H and O–H groups in total. The molecule has 0 atom stereocenters. The van der Waals surface area contributed by atoms with Crippen molar-refractivity contribution in [3.05, 3.63) is 76.0 Å². The van der Waals surface area contributed by atoms with Crippen molar-refractivity contribution in [1.82, 2.24) is 15.3 Å². The van der Waals surface area contributed by atoms with E-state index in [2.05, 4.69) is 15.3 Å². The predicted molar refractivity (Wildman–Crippen MR) is 143 cm³/mol. The highest BCUT2D eigenvalue weighted by Crippen LogP contribution is 2.36. The number of alkyl halides is 3. The Kier molecular flexibility index (Phi) is 6.87. The number of carbonyl (C=O) groups excluding carboxylic acids is 1. The van der Waals surface area contributed by atoms with Gasteiger partial charge in [-0.1, -0.05) is 26.0 Å². The van der Waals surface area contributed by atoms with Crippen LogP contribution < -0.4 is 10.9 Å². The van der Waals surface area contributed by atoms with E-state index in [1.165, 1.54) is 24.3 Å². The molecule has 0 aliphatic carbocycles. The Bertz CT molecular complexity index is 1820. The summed E-state index contributed by atoms with van der Waals surface area (Å²) in [6.07, 6.45) is -6.05. The molecule has 0 unspecified atom stereocenters. The van der Waals surface area contributed by atoms with Gasteiger partial charge in [0.25, 0.3) is 11.5 Å². The number of rotatable bonds is 7. The number of benzene rings is 2. The van der Waals surface area contributed by atoms with Crippen molar-refractivity contribution in [2.24, 2.45) is 5.41 Å². The van der Waals surface area contributed by atoms with E-state index in [1.54, 1.807) is 32.0 Å². The third-order valence-electron chi connectivity index (χ3n) is 6.70. The zero-order valence-electron chi connectivity index (χ0n) is 21.6. The number of halogens is 4. The van der Waals surface area contributed by atoms with Crippen LogP contribution in [0.25, 0.3) is 44.1 Å². The van der Waals surface area contributed by atoms with Crippen molar-refractivity contribution in [3.8, 4) is 11.1 Å². The molecular weight excluding hydrogens is 530 g/mol. The molecule has 0 aliphatic rings. The summed E-state index contributed by atoms with van der Waals surface area (Å²) >= 11 is 0. The summed E-state index contributed by atoms with van der Waals surface area (Å²) in [5.74, 6) is -0.976. The summed E-state index contributed by atoms with van der Waals surface area (Å²) in [4.78, 5) is 32.8. The average molecular weight is 556 g/mol. The van der Waals surface area contributed by atoms with Crippen LogP contribution in [-0.4, -0.2) is 40.3 Å². The van der Waals surface area contributed by atoms with Crippen LogP contribution in [0.15, 0.2) is 57.7 Å². The number of furan rings is 1. The number of carbonyl (C=O) groups is 1. The Labute approximate surface area is 224 Å². The number of amides is 1. The lowest BCUT2D eigenvalue weighted by atomic mass is 9.94. The number of nitrogens with one attached hydrogen (secondary N) is 2. The van der Waals surface area contributed by atoms with Crippen LogP contribution in [0.5, 0.6) is 0 Å². The molecule has 1 amide bonds. The lowest BCUT2D eigenvalue weighted by Gasteiger charge is -2.21. The van der Waals surface area contributed by atoms with Gasteiger partial charge in [-0.25, -0.2) is 9.37 Å². The van der Waals surface area contributed by atoms with Gasteiger partial charge in [0.2, 0.25) is 5.71 Å². The van der Waals surface area contributed by atoms with Crippen LogP contribution in [0.2, 0.25) is 0 Å². The highest BCUT2D eigenvalue weighted by atomic mass is 19.4. The summed E-state index contributed by atoms with van der Waals surface area (Å²) in [5, 5.41) is 13.0. The minimum Gasteiger partial charge on any atom is -0.437 e. The van der Waals surface area contributed by atoms with Gasteiger partial charge in [0.15, 0.2) is 5.58 Å². The predicted octanol–water partition coefficient (Wildman–Crippen LogP) is 5.87. The van der Waals surface area contributed by atoms with Gasteiger partial charge in [0.1, 0.15) is 5.82 Å². The molecule has 5 aromatic rings. The molecule has 0 saturated heterocycles. The number of aromatic nitrogens is 2. The summed E-state index contributed by atoms with van der Waals surface area (Å²) in [7, 11) is 0. The number of hydrogen-bond acceptors (Lipinski definition) is 5. The minimum absolute atomic E-state index is 0.0293. The van der Waals surface area contributed by atoms with E-state index >= 15 is 0 Å². The van der Waals surface area contributed by atoms with E-state index in [-0.39, 0.29) is 52.0 Å². The van der Waals surface area contributed by atoms with Gasteiger partial charge in [-0.2, -0.15) is 13.2 Å². The Morgan fingerprint density at radius 3 is 2.60 bits per heavy atom. The van der Waals surface area contributed by atoms with Gasteiger partial charge in [-0.05, 0) is 48.4 Å². The molecule has 40 heavy (non-hydrogen) atoms. The SMILES string of the molecule is CC(C)(CO)CNC(=O)c1cccc(-c2cc3c(nc2CCC(F)(F)F)oc2c4ccc(F)cc4[nH]c(=O)c32)c1. The maximum absolute atomic E-state index is 13.8. The van der Waals surface area contributed by atoms with E-state index in [1.807, 2.05) is 0 Å². The molecule has 3 aromatic heterocycles. The molecule has 0 saturated carbocycles. The van der Waals surface area contributed by atoms with Gasteiger partial charge < -0.3 is 19.8 Å². The number of aliphatic hydroxyl groups excluding tert-OH is 1. The van der Waals surface area contributed by atoms with E-state index in [4.69, 9.17) is 4.42 Å². The Morgan fingerprint density at radius 2 is 1.88 bits per heavy atom. The molecule has 0 fully saturated rings. The van der Waals surface area contributed by atoms with Crippen LogP contribution in [-0.2, 0) is 6.42 Å². The minimum atomic E-state index is -4.44. The molecule has 7 nitrogen and oxygen atoms in total. The maximum atomic E-state index is 13.8. The molecule has 3 heterocycles. The standard InChI is InChI=1S/C29H25F4N3O4/c1-28(2,14-37)13-34-25(38)16-5-3-4-15(10-16)19-12-20-23-24(18-7-6-17(30)11-22(18)35-26(23)39)40-27(20)36-21(19)8-9-29(31,32)33/h3-7,10-12,37H,8-9,13-14H2,1-2H3,(H,34,38)(H,35,39). The molecule has 5 rings (SSSR count). The van der Waals surface area contributed by atoms with E-state index in [0.717, 1.165) is 6.07 Å². The van der Waals surface area contributed by atoms with Gasteiger partial charge >= 0.3 is 6.18 Å². The molecule has 0 aliphatic heterocycles. The van der Waals surface area contributed by atoms with Gasteiger partial charge in [0.05, 0.1) is 22.0 Å². The van der Waals surface area contributed by atoms with Crippen molar-refractivity contribution >= 4 is 38.9 Å². The zero-order valence-corrected chi connectivity index (χ0v) is 21.6. The van der Waals surface area contributed by atoms with E-state index in [0.29, 0.717) is 16.5 Å². The van der Waals surface area contributed by atoms with Crippen LogP contribution in [0.3, 0.4) is 0 Å². The molecule has 0 bridgehead atoms. The molecule has 11 heteroatoms. The van der Waals surface area contributed by atoms with E-state index in [9.17, 15) is 32.3 Å². The highest BCUT2D eigenvalue weighted by molar-refractivity contribution is 6.13. The first-order chi connectivity index (χ1) is 18.8. The fourth-order valence-electron chi connectivity index (χ4n) is 4.48. The molecule has 0 spiro atoms. The van der Waals surface area contributed by atoms with Crippen molar-refractivity contribution in [3.63, 3.8) is 0 Å². The monoisotopic (exact) mass is 555 g/mol. The smallest absolute Gasteiger partial charge is 0.389 e. The Hall–Kier alpha value is -4.25. The van der Waals surface area contributed by atoms with Gasteiger partial charge in [-0.3, -0.25) is 9.59 Å². The maximum Gasteiger partial charge on any atom is 0.389 e. The zero-order chi connectivity index (χ0) is 28.8. The van der Waals surface area contributed by atoms with Crippen LogP contribution in [0.1, 0.15) is 36.3 Å². The number of H-pyrrole nitrogens is 1. The second kappa shape index (κ2) is 10.1. The van der Waals surface area contributed by atoms with Crippen LogP contribution in [0, 0.1) is 11.2 Å². The first-order valence-corrected chi connectivity index (χ1v) is 12.5. The number of hydrogen-bond donors (Lipinski definition) is 3. The topological polar surface area (TPSA) is 108 Å². The molecule has 2 aromatic carbocycles. The first kappa shape index (κ1) is 27.3. The van der Waals surface area contributed by atoms with Crippen molar-refractivity contribution < 1.29 is 31.9 Å². The summed E-state index contributed by atoms with van der Waals surface area (Å²) in [6, 6.07) is 11.7. The summed E-state index contributed by atoms with van der Waals surface area (Å²) in [6.45, 7) is 3.64. The molecule has 208 valence electrons. The lowest BCUT2D eigenvalue weighted by Crippen LogP contribution is -2.36. The number of nitrogens with zero attached hydrogens (tertiary/aromatic N) is 1. The molecule has 0 radical (unpaired) electrons. The normalized spacial score (nSPS) is 12.5. The van der Waals surface area contributed by atoms with Gasteiger partial charge in [-0.15, -0.1) is 0 Å². The number of pyridine rings is 2. The second-order valence-electron chi connectivity index (χ2n) is 10.5. The third kappa shape index (κ3) is 5.42. The fraction of sp³-hybridized carbons (Fsp3) is 0.276. The largest absolute Gasteiger partial charge is 0.437 e. The van der Waals surface area contributed by atoms with Gasteiger partial charge in [0, 0.05) is 41.5 Å². The number of fused-ring (bicyclic) bond motifs is 5. The van der Waals surface area contributed by atoms with Crippen molar-refractivity contribution in [2.45, 2.75) is 32.9 Å². The highest BCUT2D eigenvalue weighted by Gasteiger charge is 2.28. The summed E-state index contributed by atoms with van der Waals surface area (Å²) in [5.41, 5.74) is 0.277. The van der Waals surface area contributed by atoms with Crippen molar-refractivity contribution in [2.75, 3.05) is 13.2 Å². The fourth-order valence-corrected chi connectivity index (χ4v) is 4.48. The van der Waals surface area contributed by atoms with Crippen LogP contribution >= 0.6 is 0 Å².